The van der Waals surface area contributed by atoms with Crippen LogP contribution in [0.1, 0.15) is 30.6 Å². The summed E-state index contributed by atoms with van der Waals surface area (Å²) in [5.41, 5.74) is -0.236. The van der Waals surface area contributed by atoms with Crippen LogP contribution in [-0.2, 0) is 0 Å². The SMILES string of the molecule is CC(C)(CCO)CNc1cc([N+](=O)[O-])ccc1C(=O)O. The predicted octanol–water partition coefficient (Wildman–Crippen LogP) is 2.11. The number of nitrogens with one attached hydrogen (secondary N) is 1. The molecule has 0 aliphatic heterocycles. The average molecular weight is 282 g/mol. The van der Waals surface area contributed by atoms with E-state index in [-0.39, 0.29) is 29.0 Å². The summed E-state index contributed by atoms with van der Waals surface area (Å²) in [5, 5.41) is 31.7. The second-order valence-electron chi connectivity index (χ2n) is 5.28. The fourth-order valence-electron chi connectivity index (χ4n) is 1.70. The zero-order chi connectivity index (χ0) is 15.3. The van der Waals surface area contributed by atoms with E-state index in [9.17, 15) is 14.9 Å². The number of aliphatic hydroxyl groups is 1. The third kappa shape index (κ3) is 4.20. The molecule has 0 unspecified atom stereocenters. The number of carboxylic acid groups (broad SMARTS) is 1. The van der Waals surface area contributed by atoms with Gasteiger partial charge in [-0.15, -0.1) is 0 Å². The first kappa shape index (κ1) is 15.9. The van der Waals surface area contributed by atoms with Crippen LogP contribution in [-0.4, -0.2) is 34.3 Å². The number of carboxylic acids is 1. The molecule has 1 rings (SSSR count). The summed E-state index contributed by atoms with van der Waals surface area (Å²) in [7, 11) is 0. The summed E-state index contributed by atoms with van der Waals surface area (Å²) in [4.78, 5) is 21.3. The van der Waals surface area contributed by atoms with Crippen molar-refractivity contribution in [3.05, 3.63) is 33.9 Å². The molecule has 0 aliphatic rings. The van der Waals surface area contributed by atoms with Crippen molar-refractivity contribution in [1.82, 2.24) is 0 Å². The lowest BCUT2D eigenvalue weighted by Crippen LogP contribution is -2.25. The number of carbonyl (C=O) groups is 1. The van der Waals surface area contributed by atoms with E-state index in [1.165, 1.54) is 12.1 Å². The van der Waals surface area contributed by atoms with Gasteiger partial charge in [-0.1, -0.05) is 13.8 Å². The van der Waals surface area contributed by atoms with Crippen molar-refractivity contribution in [2.75, 3.05) is 18.5 Å². The van der Waals surface area contributed by atoms with Crippen molar-refractivity contribution in [2.24, 2.45) is 5.41 Å². The smallest absolute Gasteiger partial charge is 0.337 e. The van der Waals surface area contributed by atoms with Gasteiger partial charge >= 0.3 is 5.97 Å². The third-order valence-corrected chi connectivity index (χ3v) is 2.99. The van der Waals surface area contributed by atoms with Gasteiger partial charge in [-0.25, -0.2) is 4.79 Å². The van der Waals surface area contributed by atoms with Gasteiger partial charge in [0.1, 0.15) is 0 Å². The Bertz CT molecular complexity index is 513. The fraction of sp³-hybridized carbons (Fsp3) is 0.462. The first-order valence-electron chi connectivity index (χ1n) is 6.13. The number of non-ortho nitro benzene ring substituents is 1. The molecule has 0 amide bonds. The van der Waals surface area contributed by atoms with E-state index in [0.717, 1.165) is 6.07 Å². The van der Waals surface area contributed by atoms with E-state index in [0.29, 0.717) is 13.0 Å². The van der Waals surface area contributed by atoms with Crippen LogP contribution in [0.2, 0.25) is 0 Å². The predicted molar refractivity (Wildman–Crippen MR) is 74.0 cm³/mol. The second-order valence-corrected chi connectivity index (χ2v) is 5.28. The number of hydrogen-bond acceptors (Lipinski definition) is 5. The molecule has 0 saturated heterocycles. The van der Waals surface area contributed by atoms with Gasteiger partial charge in [0, 0.05) is 25.3 Å². The number of rotatable bonds is 7. The van der Waals surface area contributed by atoms with E-state index < -0.39 is 10.9 Å². The van der Waals surface area contributed by atoms with Crippen LogP contribution in [0, 0.1) is 15.5 Å². The number of nitro benzene ring substituents is 1. The van der Waals surface area contributed by atoms with Gasteiger partial charge < -0.3 is 15.5 Å². The molecular weight excluding hydrogens is 264 g/mol. The van der Waals surface area contributed by atoms with Crippen LogP contribution < -0.4 is 5.32 Å². The maximum atomic E-state index is 11.1. The summed E-state index contributed by atoms with van der Waals surface area (Å²) in [5.74, 6) is -1.15. The highest BCUT2D eigenvalue weighted by molar-refractivity contribution is 5.94. The number of nitrogens with zero attached hydrogens (tertiary/aromatic N) is 1. The van der Waals surface area contributed by atoms with Crippen LogP contribution in [0.4, 0.5) is 11.4 Å². The lowest BCUT2D eigenvalue weighted by Gasteiger charge is -2.24. The second kappa shape index (κ2) is 6.33. The molecule has 7 nitrogen and oxygen atoms in total. The molecule has 20 heavy (non-hydrogen) atoms. The van der Waals surface area contributed by atoms with E-state index >= 15 is 0 Å². The Morgan fingerprint density at radius 3 is 2.60 bits per heavy atom. The minimum Gasteiger partial charge on any atom is -0.478 e. The van der Waals surface area contributed by atoms with Crippen LogP contribution in [0.5, 0.6) is 0 Å². The van der Waals surface area contributed by atoms with Gasteiger partial charge in [0.25, 0.3) is 5.69 Å². The fourth-order valence-corrected chi connectivity index (χ4v) is 1.70. The molecule has 110 valence electrons. The largest absolute Gasteiger partial charge is 0.478 e. The van der Waals surface area contributed by atoms with Crippen molar-refractivity contribution >= 4 is 17.3 Å². The number of hydrogen-bond donors (Lipinski definition) is 3. The molecule has 0 radical (unpaired) electrons. The van der Waals surface area contributed by atoms with Gasteiger partial charge in [-0.05, 0) is 17.9 Å². The average Bonchev–Trinajstić information content (AvgIpc) is 2.35. The highest BCUT2D eigenvalue weighted by Gasteiger charge is 2.20. The van der Waals surface area contributed by atoms with Crippen LogP contribution in [0.15, 0.2) is 18.2 Å². The Kier molecular flexibility index (Phi) is 5.04. The molecule has 0 aliphatic carbocycles. The van der Waals surface area contributed by atoms with Crippen LogP contribution >= 0.6 is 0 Å². The molecule has 3 N–H and O–H groups in total. The third-order valence-electron chi connectivity index (χ3n) is 2.99. The molecule has 7 heteroatoms. The Hall–Kier alpha value is -2.15. The molecule has 0 saturated carbocycles. The molecule has 1 aromatic carbocycles. The quantitative estimate of drug-likeness (QED) is 0.521. The summed E-state index contributed by atoms with van der Waals surface area (Å²) < 4.78 is 0. The van der Waals surface area contributed by atoms with Gasteiger partial charge in [0.05, 0.1) is 16.2 Å². The lowest BCUT2D eigenvalue weighted by molar-refractivity contribution is -0.384. The Morgan fingerprint density at radius 1 is 1.45 bits per heavy atom. The first-order chi connectivity index (χ1) is 9.26. The minimum absolute atomic E-state index is 0.0181. The number of aliphatic hydroxyl groups excluding tert-OH is 1. The Labute approximate surface area is 116 Å². The molecule has 0 bridgehead atoms. The maximum absolute atomic E-state index is 11.1. The number of benzene rings is 1. The minimum atomic E-state index is -1.15. The van der Waals surface area contributed by atoms with Crippen molar-refractivity contribution < 1.29 is 19.9 Å². The lowest BCUT2D eigenvalue weighted by atomic mass is 9.89. The first-order valence-corrected chi connectivity index (χ1v) is 6.13. The summed E-state index contributed by atoms with van der Waals surface area (Å²) in [6.07, 6.45) is 0.539. The standard InChI is InChI=1S/C13H18N2O5/c1-13(2,5-6-16)8-14-11-7-9(15(19)20)3-4-10(11)12(17)18/h3-4,7,14,16H,5-6,8H2,1-2H3,(H,17,18). The van der Waals surface area contributed by atoms with Crippen molar-refractivity contribution in [2.45, 2.75) is 20.3 Å². The Morgan fingerprint density at radius 2 is 2.10 bits per heavy atom. The van der Waals surface area contributed by atoms with Gasteiger partial charge in [0.15, 0.2) is 0 Å². The molecular formula is C13H18N2O5. The van der Waals surface area contributed by atoms with Gasteiger partial charge in [-0.3, -0.25) is 10.1 Å². The number of nitro groups is 1. The zero-order valence-electron chi connectivity index (χ0n) is 11.4. The number of anilines is 1. The molecule has 1 aromatic rings. The summed E-state index contributed by atoms with van der Waals surface area (Å²) in [6.45, 7) is 4.24. The highest BCUT2D eigenvalue weighted by Crippen LogP contribution is 2.26. The van der Waals surface area contributed by atoms with Crippen LogP contribution in [0.3, 0.4) is 0 Å². The topological polar surface area (TPSA) is 113 Å². The summed E-state index contributed by atoms with van der Waals surface area (Å²) in [6, 6.07) is 3.58. The summed E-state index contributed by atoms with van der Waals surface area (Å²) >= 11 is 0. The van der Waals surface area contributed by atoms with Crippen molar-refractivity contribution in [3.63, 3.8) is 0 Å². The number of aromatic carboxylic acids is 1. The Balaban J connectivity index is 2.99. The highest BCUT2D eigenvalue weighted by atomic mass is 16.6. The normalized spacial score (nSPS) is 11.2. The zero-order valence-corrected chi connectivity index (χ0v) is 11.4. The molecule has 0 aromatic heterocycles. The van der Waals surface area contributed by atoms with Crippen molar-refractivity contribution in [3.8, 4) is 0 Å². The maximum Gasteiger partial charge on any atom is 0.337 e. The van der Waals surface area contributed by atoms with E-state index in [1.807, 2.05) is 13.8 Å². The molecule has 0 atom stereocenters. The molecule has 0 spiro atoms. The molecule has 0 heterocycles. The van der Waals surface area contributed by atoms with E-state index in [2.05, 4.69) is 5.32 Å². The van der Waals surface area contributed by atoms with Gasteiger partial charge in [-0.2, -0.15) is 0 Å². The van der Waals surface area contributed by atoms with Gasteiger partial charge in [0.2, 0.25) is 0 Å². The monoisotopic (exact) mass is 282 g/mol. The molecule has 0 fully saturated rings. The van der Waals surface area contributed by atoms with E-state index in [1.54, 1.807) is 0 Å². The van der Waals surface area contributed by atoms with Crippen molar-refractivity contribution in [1.29, 1.82) is 0 Å². The van der Waals surface area contributed by atoms with Crippen LogP contribution in [0.25, 0.3) is 0 Å². The van der Waals surface area contributed by atoms with E-state index in [4.69, 9.17) is 10.2 Å².